The number of nitrogens with zero attached hydrogens (tertiary/aromatic N) is 3. The normalized spacial score (nSPS) is 17.8. The number of halogens is 1. The molecule has 4 rings (SSSR count). The van der Waals surface area contributed by atoms with Crippen molar-refractivity contribution in [3.8, 4) is 5.75 Å². The van der Waals surface area contributed by atoms with Crippen molar-refractivity contribution in [3.05, 3.63) is 33.9 Å². The molecule has 46 heavy (non-hydrogen) atoms. The molecule has 0 spiro atoms. The molecule has 258 valence electrons. The first-order valence-corrected chi connectivity index (χ1v) is 17.0. The lowest BCUT2D eigenvalue weighted by molar-refractivity contribution is -0.264. The second-order valence-electron chi connectivity index (χ2n) is 10.3. The van der Waals surface area contributed by atoms with Crippen LogP contribution in [-0.2, 0) is 47.4 Å². The van der Waals surface area contributed by atoms with Crippen molar-refractivity contribution < 1.29 is 71.5 Å². The van der Waals surface area contributed by atoms with Gasteiger partial charge in [-0.25, -0.2) is 28.7 Å². The Labute approximate surface area is 262 Å². The van der Waals surface area contributed by atoms with Crippen LogP contribution >= 0.6 is 15.2 Å². The van der Waals surface area contributed by atoms with E-state index < -0.39 is 49.5 Å². The number of hydrogen-bond donors (Lipinski definition) is 2. The topological polar surface area (TPSA) is 203 Å². The van der Waals surface area contributed by atoms with Gasteiger partial charge in [0.1, 0.15) is 17.9 Å². The summed E-state index contributed by atoms with van der Waals surface area (Å²) in [6, 6.07) is 0.735. The lowest BCUT2D eigenvalue weighted by Crippen LogP contribution is -2.47. The molecule has 1 atom stereocenters. The van der Waals surface area contributed by atoms with Gasteiger partial charge in [0.2, 0.25) is 5.43 Å². The second-order valence-corrected chi connectivity index (χ2v) is 14.8. The number of carboxylic acid groups (broad SMARTS) is 1. The molecule has 1 unspecified atom stereocenters. The lowest BCUT2D eigenvalue weighted by Gasteiger charge is -2.39. The standard InChI is InChI=1S/C25H36FN3O15P2/c1-16-15-40-23-20-17(22(30)18(24(31)32)14-29(16)20)13-19(26)21(23)28-11-9-27(10-12-28)8-6-7-25(33,45(34,41-36-2)42-37-3)46(35,43-38-4)44-39-5/h13-14,16,33H,6-12,15H2,1-5H3,(H,31,32). The number of aromatic nitrogens is 1. The van der Waals surface area contributed by atoms with Gasteiger partial charge in [-0.05, 0) is 26.0 Å². The average molecular weight is 700 g/mol. The van der Waals surface area contributed by atoms with E-state index >= 15 is 4.39 Å². The molecule has 2 aromatic rings. The van der Waals surface area contributed by atoms with Gasteiger partial charge in [-0.15, -0.1) is 18.7 Å². The van der Waals surface area contributed by atoms with Crippen LogP contribution < -0.4 is 15.1 Å². The van der Waals surface area contributed by atoms with Crippen LogP contribution in [0.15, 0.2) is 17.1 Å². The summed E-state index contributed by atoms with van der Waals surface area (Å²) in [5, 5.41) is 17.9. The number of benzene rings is 1. The Morgan fingerprint density at radius 1 is 1.02 bits per heavy atom. The van der Waals surface area contributed by atoms with Crippen LogP contribution in [0.25, 0.3) is 10.9 Å². The highest BCUT2D eigenvalue weighted by Crippen LogP contribution is 2.78. The van der Waals surface area contributed by atoms with Crippen molar-refractivity contribution in [2.45, 2.75) is 30.9 Å². The maximum atomic E-state index is 15.6. The SMILES string of the molecule is COOP(=O)(OOC)C(O)(CCCN1CCN(c2c(F)cc3c(=O)c(C(=O)O)cn4c3c2OCC4C)CC1)P(=O)(OOC)OOC. The molecule has 1 fully saturated rings. The van der Waals surface area contributed by atoms with Gasteiger partial charge >= 0.3 is 21.2 Å². The van der Waals surface area contributed by atoms with Crippen LogP contribution in [0.1, 0.15) is 36.2 Å². The van der Waals surface area contributed by atoms with Crippen LogP contribution in [0.2, 0.25) is 0 Å². The van der Waals surface area contributed by atoms with E-state index in [1.807, 2.05) is 4.90 Å². The summed E-state index contributed by atoms with van der Waals surface area (Å²) >= 11 is 0. The molecule has 1 aromatic heterocycles. The molecule has 3 heterocycles. The van der Waals surface area contributed by atoms with Gasteiger partial charge < -0.3 is 24.4 Å². The van der Waals surface area contributed by atoms with E-state index in [-0.39, 0.29) is 42.4 Å². The summed E-state index contributed by atoms with van der Waals surface area (Å²) in [5.41, 5.74) is -0.805. The van der Waals surface area contributed by atoms with Crippen LogP contribution in [0.4, 0.5) is 10.1 Å². The van der Waals surface area contributed by atoms with Crippen molar-refractivity contribution in [3.63, 3.8) is 0 Å². The number of carboxylic acids is 1. The fraction of sp³-hybridized carbons (Fsp3) is 0.600. The van der Waals surface area contributed by atoms with E-state index in [2.05, 4.69) is 38.2 Å². The van der Waals surface area contributed by atoms with Gasteiger partial charge in [0.15, 0.2) is 11.6 Å². The molecular weight excluding hydrogens is 663 g/mol. The van der Waals surface area contributed by atoms with Crippen LogP contribution in [0.5, 0.6) is 5.75 Å². The van der Waals surface area contributed by atoms with Gasteiger partial charge in [-0.2, -0.15) is 0 Å². The molecule has 0 amide bonds. The first kappa shape index (κ1) is 36.3. The highest BCUT2D eigenvalue weighted by Gasteiger charge is 2.68. The number of piperazine rings is 1. The number of aliphatic hydroxyl groups is 1. The molecule has 18 nitrogen and oxygen atoms in total. The van der Waals surface area contributed by atoms with E-state index in [4.69, 9.17) is 4.74 Å². The Bertz CT molecular complexity index is 1530. The minimum atomic E-state index is -4.99. The highest BCUT2D eigenvalue weighted by atomic mass is 31.2. The van der Waals surface area contributed by atoms with Gasteiger partial charge in [0.25, 0.3) is 5.08 Å². The number of pyridine rings is 1. The second kappa shape index (κ2) is 14.7. The van der Waals surface area contributed by atoms with Crippen molar-refractivity contribution in [1.29, 1.82) is 0 Å². The minimum absolute atomic E-state index is 0.0134. The summed E-state index contributed by atoms with van der Waals surface area (Å²) < 4.78 is 68.9. The predicted molar refractivity (Wildman–Crippen MR) is 156 cm³/mol. The molecule has 0 aliphatic carbocycles. The summed E-state index contributed by atoms with van der Waals surface area (Å²) in [6.07, 6.45) is 0.693. The molecule has 0 radical (unpaired) electrons. The molecule has 0 bridgehead atoms. The van der Waals surface area contributed by atoms with Crippen molar-refractivity contribution in [1.82, 2.24) is 9.47 Å². The zero-order chi connectivity index (χ0) is 33.9. The average Bonchev–Trinajstić information content (AvgIpc) is 3.00. The predicted octanol–water partition coefficient (Wildman–Crippen LogP) is 3.04. The molecule has 0 saturated carbocycles. The first-order valence-electron chi connectivity index (χ1n) is 13.9. The zero-order valence-electron chi connectivity index (χ0n) is 25.7. The molecule has 21 heteroatoms. The highest BCUT2D eigenvalue weighted by molar-refractivity contribution is 7.73. The number of aromatic carboxylic acids is 1. The van der Waals surface area contributed by atoms with Gasteiger partial charge in [-0.1, -0.05) is 0 Å². The van der Waals surface area contributed by atoms with E-state index in [0.29, 0.717) is 31.7 Å². The van der Waals surface area contributed by atoms with Crippen LogP contribution in [0, 0.1) is 5.82 Å². The number of anilines is 1. The number of carbonyl (C=O) groups is 1. The lowest BCUT2D eigenvalue weighted by atomic mass is 10.1. The number of hydrogen-bond acceptors (Lipinski definition) is 16. The number of ether oxygens (including phenoxy) is 1. The maximum Gasteiger partial charge on any atom is 0.428 e. The summed E-state index contributed by atoms with van der Waals surface area (Å²) in [5.74, 6) is -1.99. The van der Waals surface area contributed by atoms with E-state index in [1.54, 1.807) is 16.4 Å². The smallest absolute Gasteiger partial charge is 0.428 e. The summed E-state index contributed by atoms with van der Waals surface area (Å²) in [4.78, 5) is 46.1. The third-order valence-corrected chi connectivity index (χ3v) is 12.7. The summed E-state index contributed by atoms with van der Waals surface area (Å²) in [6.45, 7) is 3.57. The first-order chi connectivity index (χ1) is 21.8. The molecular formula is C25H36FN3O15P2. The van der Waals surface area contributed by atoms with Gasteiger partial charge in [0.05, 0.1) is 45.4 Å². The quantitative estimate of drug-likeness (QED) is 0.147. The molecule has 2 aliphatic heterocycles. The fourth-order valence-electron chi connectivity index (χ4n) is 5.47. The maximum absolute atomic E-state index is 15.6. The largest absolute Gasteiger partial charge is 0.487 e. The Hall–Kier alpha value is -2.51. The number of rotatable bonds is 16. The van der Waals surface area contributed by atoms with E-state index in [0.717, 1.165) is 34.5 Å². The molecule has 1 saturated heterocycles. The zero-order valence-corrected chi connectivity index (χ0v) is 27.5. The van der Waals surface area contributed by atoms with Gasteiger partial charge in [0, 0.05) is 38.8 Å². The van der Waals surface area contributed by atoms with Crippen molar-refractivity contribution in [2.24, 2.45) is 0 Å². The van der Waals surface area contributed by atoms with Crippen molar-refractivity contribution in [2.75, 3.05) is 72.7 Å². The molecule has 2 aliphatic rings. The third-order valence-electron chi connectivity index (χ3n) is 7.62. The summed E-state index contributed by atoms with van der Waals surface area (Å²) in [7, 11) is -6.12. The molecule has 2 N–H and O–H groups in total. The fourth-order valence-corrected chi connectivity index (χ4v) is 9.25. The Morgan fingerprint density at radius 2 is 1.57 bits per heavy atom. The van der Waals surface area contributed by atoms with Gasteiger partial charge in [-0.3, -0.25) is 18.8 Å². The Morgan fingerprint density at radius 3 is 2.07 bits per heavy atom. The Balaban J connectivity index is 1.54. The molecule has 1 aromatic carbocycles. The third kappa shape index (κ3) is 6.60. The monoisotopic (exact) mass is 699 g/mol. The van der Waals surface area contributed by atoms with E-state index in [9.17, 15) is 28.9 Å². The van der Waals surface area contributed by atoms with Crippen LogP contribution in [-0.4, -0.2) is 98.5 Å². The minimum Gasteiger partial charge on any atom is -0.487 e. The Kier molecular flexibility index (Phi) is 11.6. The van der Waals surface area contributed by atoms with Crippen molar-refractivity contribution >= 4 is 37.8 Å². The van der Waals surface area contributed by atoms with E-state index in [1.165, 1.54) is 6.20 Å². The van der Waals surface area contributed by atoms with Crippen LogP contribution in [0.3, 0.4) is 0 Å².